The van der Waals surface area contributed by atoms with E-state index in [0.29, 0.717) is 0 Å². The van der Waals surface area contributed by atoms with Gasteiger partial charge < -0.3 is 15.2 Å². The Balaban J connectivity index is 1.54. The van der Waals surface area contributed by atoms with Crippen molar-refractivity contribution in [2.45, 2.75) is 32.2 Å². The van der Waals surface area contributed by atoms with Gasteiger partial charge in [-0.15, -0.1) is 0 Å². The third kappa shape index (κ3) is 2.75. The number of carbonyl (C=O) groups excluding carboxylic acids is 1. The Labute approximate surface area is 140 Å². The summed E-state index contributed by atoms with van der Waals surface area (Å²) in [7, 11) is 0. The van der Waals surface area contributed by atoms with Crippen LogP contribution in [0.1, 0.15) is 36.6 Å². The molecule has 4 rings (SSSR count). The number of hydrogen-bond donors (Lipinski definition) is 3. The molecule has 3 heterocycles. The molecule has 124 valence electrons. The number of likely N-dealkylation sites (tertiary alicyclic amines) is 1. The van der Waals surface area contributed by atoms with Crippen LogP contribution in [-0.2, 0) is 0 Å². The van der Waals surface area contributed by atoms with Gasteiger partial charge in [-0.3, -0.25) is 5.10 Å². The van der Waals surface area contributed by atoms with Crippen LogP contribution in [0.5, 0.6) is 0 Å². The molecule has 2 aromatic heterocycles. The minimum absolute atomic E-state index is 0.0486. The summed E-state index contributed by atoms with van der Waals surface area (Å²) in [5.74, 6) is 0. The molecule has 6 nitrogen and oxygen atoms in total. The Hall–Kier alpha value is -2.76. The van der Waals surface area contributed by atoms with Gasteiger partial charge in [0.1, 0.15) is 0 Å². The lowest BCUT2D eigenvalue weighted by Crippen LogP contribution is -2.41. The number of amides is 2. The van der Waals surface area contributed by atoms with Crippen molar-refractivity contribution < 1.29 is 4.79 Å². The van der Waals surface area contributed by atoms with Crippen LogP contribution in [0.4, 0.5) is 10.5 Å². The Morgan fingerprint density at radius 2 is 2.25 bits per heavy atom. The second kappa shape index (κ2) is 6.03. The van der Waals surface area contributed by atoms with E-state index in [2.05, 4.69) is 26.6 Å². The third-order valence-corrected chi connectivity index (χ3v) is 4.67. The Kier molecular flexibility index (Phi) is 3.72. The number of hydrogen-bond acceptors (Lipinski definition) is 2. The number of rotatable bonds is 2. The first-order valence-corrected chi connectivity index (χ1v) is 8.36. The number of aromatic nitrogens is 3. The SMILES string of the molecule is Cc1cc2cc(NC(=O)N3CCCC[C@H]3c3cn[nH]c3)ccc2[nH]1. The number of piperidine rings is 1. The van der Waals surface area contributed by atoms with Gasteiger partial charge in [0.05, 0.1) is 12.2 Å². The number of nitrogens with zero attached hydrogens (tertiary/aromatic N) is 2. The maximum Gasteiger partial charge on any atom is 0.322 e. The van der Waals surface area contributed by atoms with Crippen molar-refractivity contribution in [2.24, 2.45) is 0 Å². The van der Waals surface area contributed by atoms with Crippen LogP contribution in [0.3, 0.4) is 0 Å². The van der Waals surface area contributed by atoms with E-state index < -0.39 is 0 Å². The van der Waals surface area contributed by atoms with E-state index in [1.807, 2.05) is 42.4 Å². The summed E-state index contributed by atoms with van der Waals surface area (Å²) >= 11 is 0. The molecule has 0 radical (unpaired) electrons. The third-order valence-electron chi connectivity index (χ3n) is 4.67. The highest BCUT2D eigenvalue weighted by Gasteiger charge is 2.28. The van der Waals surface area contributed by atoms with E-state index in [9.17, 15) is 4.79 Å². The van der Waals surface area contributed by atoms with Crippen LogP contribution in [0.15, 0.2) is 36.7 Å². The lowest BCUT2D eigenvalue weighted by atomic mass is 9.98. The van der Waals surface area contributed by atoms with E-state index in [1.54, 1.807) is 0 Å². The number of urea groups is 1. The largest absolute Gasteiger partial charge is 0.359 e. The molecule has 1 aromatic carbocycles. The van der Waals surface area contributed by atoms with E-state index >= 15 is 0 Å². The lowest BCUT2D eigenvalue weighted by Gasteiger charge is -2.35. The first-order valence-electron chi connectivity index (χ1n) is 8.36. The van der Waals surface area contributed by atoms with Crippen LogP contribution >= 0.6 is 0 Å². The van der Waals surface area contributed by atoms with E-state index in [0.717, 1.165) is 53.7 Å². The van der Waals surface area contributed by atoms with E-state index in [1.165, 1.54) is 0 Å². The van der Waals surface area contributed by atoms with Crippen LogP contribution in [0, 0.1) is 6.92 Å². The van der Waals surface area contributed by atoms with Crippen LogP contribution < -0.4 is 5.32 Å². The fourth-order valence-electron chi connectivity index (χ4n) is 3.52. The molecule has 1 aliphatic rings. The zero-order chi connectivity index (χ0) is 16.5. The molecule has 1 atom stereocenters. The zero-order valence-corrected chi connectivity index (χ0v) is 13.7. The number of carbonyl (C=O) groups is 1. The molecule has 6 heteroatoms. The van der Waals surface area contributed by atoms with Crippen molar-refractivity contribution in [3.63, 3.8) is 0 Å². The summed E-state index contributed by atoms with van der Waals surface area (Å²) in [6.45, 7) is 2.80. The maximum atomic E-state index is 12.8. The normalized spacial score (nSPS) is 18.0. The summed E-state index contributed by atoms with van der Waals surface area (Å²) < 4.78 is 0. The minimum Gasteiger partial charge on any atom is -0.359 e. The Morgan fingerprint density at radius 1 is 1.33 bits per heavy atom. The summed E-state index contributed by atoms with van der Waals surface area (Å²) in [5.41, 5.74) is 4.09. The van der Waals surface area contributed by atoms with Crippen molar-refractivity contribution in [3.05, 3.63) is 47.9 Å². The number of nitrogens with one attached hydrogen (secondary N) is 3. The first-order chi connectivity index (χ1) is 11.7. The number of H-pyrrole nitrogens is 2. The molecule has 1 saturated heterocycles. The van der Waals surface area contributed by atoms with Gasteiger partial charge in [-0.25, -0.2) is 4.79 Å². The van der Waals surface area contributed by atoms with Crippen LogP contribution in [0.25, 0.3) is 10.9 Å². The molecule has 1 fully saturated rings. The molecule has 0 bridgehead atoms. The predicted molar refractivity (Wildman–Crippen MR) is 93.9 cm³/mol. The van der Waals surface area contributed by atoms with Gasteiger partial charge in [-0.05, 0) is 50.5 Å². The number of benzene rings is 1. The van der Waals surface area contributed by atoms with Gasteiger partial charge in [0.15, 0.2) is 0 Å². The van der Waals surface area contributed by atoms with Crippen molar-refractivity contribution in [1.29, 1.82) is 0 Å². The average molecular weight is 323 g/mol. The Bertz CT molecular complexity index is 852. The summed E-state index contributed by atoms with van der Waals surface area (Å²) in [5, 5.41) is 11.0. The van der Waals surface area contributed by atoms with Gasteiger partial charge >= 0.3 is 6.03 Å². The van der Waals surface area contributed by atoms with Crippen molar-refractivity contribution in [3.8, 4) is 0 Å². The zero-order valence-electron chi connectivity index (χ0n) is 13.7. The maximum absolute atomic E-state index is 12.8. The fraction of sp³-hybridized carbons (Fsp3) is 0.333. The highest BCUT2D eigenvalue weighted by Crippen LogP contribution is 2.31. The smallest absolute Gasteiger partial charge is 0.322 e. The molecule has 3 aromatic rings. The fourth-order valence-corrected chi connectivity index (χ4v) is 3.52. The molecular formula is C18H21N5O. The molecule has 0 spiro atoms. The average Bonchev–Trinajstić information content (AvgIpc) is 3.23. The second-order valence-corrected chi connectivity index (χ2v) is 6.42. The first kappa shape index (κ1) is 14.8. The molecule has 24 heavy (non-hydrogen) atoms. The van der Waals surface area contributed by atoms with E-state index in [4.69, 9.17) is 0 Å². The summed E-state index contributed by atoms with van der Waals surface area (Å²) in [4.78, 5) is 18.0. The number of aromatic amines is 2. The van der Waals surface area contributed by atoms with Crippen LogP contribution in [-0.4, -0.2) is 32.7 Å². The molecule has 2 amide bonds. The van der Waals surface area contributed by atoms with Gasteiger partial charge in [0, 0.05) is 40.6 Å². The van der Waals surface area contributed by atoms with Crippen molar-refractivity contribution >= 4 is 22.6 Å². The summed E-state index contributed by atoms with van der Waals surface area (Å²) in [6.07, 6.45) is 6.84. The van der Waals surface area contributed by atoms with Gasteiger partial charge in [0.2, 0.25) is 0 Å². The monoisotopic (exact) mass is 323 g/mol. The van der Waals surface area contributed by atoms with Gasteiger partial charge in [-0.2, -0.15) is 5.10 Å². The Morgan fingerprint density at radius 3 is 3.08 bits per heavy atom. The molecular weight excluding hydrogens is 302 g/mol. The molecule has 0 unspecified atom stereocenters. The second-order valence-electron chi connectivity index (χ2n) is 6.42. The highest BCUT2D eigenvalue weighted by atomic mass is 16.2. The van der Waals surface area contributed by atoms with Gasteiger partial charge in [-0.1, -0.05) is 0 Å². The van der Waals surface area contributed by atoms with Crippen LogP contribution in [0.2, 0.25) is 0 Å². The summed E-state index contributed by atoms with van der Waals surface area (Å²) in [6, 6.07) is 8.07. The van der Waals surface area contributed by atoms with E-state index in [-0.39, 0.29) is 12.1 Å². The highest BCUT2D eigenvalue weighted by molar-refractivity contribution is 5.93. The number of fused-ring (bicyclic) bond motifs is 1. The lowest BCUT2D eigenvalue weighted by molar-refractivity contribution is 0.163. The standard InChI is InChI=1S/C18H21N5O/c1-12-8-13-9-15(5-6-16(13)21-12)22-18(24)23-7-3-2-4-17(23)14-10-19-20-11-14/h5-6,8-11,17,21H,2-4,7H2,1H3,(H,19,20)(H,22,24)/t17-/m0/s1. The van der Waals surface area contributed by atoms with Crippen molar-refractivity contribution in [2.75, 3.05) is 11.9 Å². The topological polar surface area (TPSA) is 76.8 Å². The number of aryl methyl sites for hydroxylation is 1. The quantitative estimate of drug-likeness (QED) is 0.667. The minimum atomic E-state index is -0.0486. The molecule has 3 N–H and O–H groups in total. The molecule has 0 aliphatic carbocycles. The van der Waals surface area contributed by atoms with Crippen molar-refractivity contribution in [1.82, 2.24) is 20.1 Å². The molecule has 1 aliphatic heterocycles. The number of anilines is 1. The molecule has 0 saturated carbocycles. The van der Waals surface area contributed by atoms with Gasteiger partial charge in [0.25, 0.3) is 0 Å². The predicted octanol–water partition coefficient (Wildman–Crippen LogP) is 3.96.